The average Bonchev–Trinajstić information content (AvgIpc) is 3.37. The van der Waals surface area contributed by atoms with Crippen molar-refractivity contribution in [3.05, 3.63) is 77.9 Å². The predicted molar refractivity (Wildman–Crippen MR) is 140 cm³/mol. The quantitative estimate of drug-likeness (QED) is 0.557. The molecule has 2 aliphatic rings. The van der Waals surface area contributed by atoms with Crippen molar-refractivity contribution in [1.29, 1.82) is 0 Å². The standard InChI is InChI=1S/C29H32N4O3/c30-27(34)26-12-5-15-33(26)19-20-6-3-9-23(18-20)31-28(35)22-13-16-32(17-14-22)29(36)25-11-4-8-21-7-1-2-10-24(21)25/h1-4,6-11,18,22,26H,5,12-17,19H2,(H2,30,34)(H,31,35). The van der Waals surface area contributed by atoms with Crippen LogP contribution in [0.25, 0.3) is 10.8 Å². The summed E-state index contributed by atoms with van der Waals surface area (Å²) in [6, 6.07) is 21.3. The molecule has 3 aromatic carbocycles. The number of amides is 3. The minimum atomic E-state index is -0.276. The van der Waals surface area contributed by atoms with E-state index in [4.69, 9.17) is 5.73 Å². The second-order valence-corrected chi connectivity index (χ2v) is 9.81. The third-order valence-electron chi connectivity index (χ3n) is 7.45. The van der Waals surface area contributed by atoms with Crippen molar-refractivity contribution in [2.75, 3.05) is 25.0 Å². The summed E-state index contributed by atoms with van der Waals surface area (Å²) in [4.78, 5) is 41.9. The summed E-state index contributed by atoms with van der Waals surface area (Å²) in [7, 11) is 0. The van der Waals surface area contributed by atoms with Gasteiger partial charge in [-0.25, -0.2) is 0 Å². The van der Waals surface area contributed by atoms with E-state index in [0.717, 1.165) is 41.4 Å². The second-order valence-electron chi connectivity index (χ2n) is 9.81. The van der Waals surface area contributed by atoms with Crippen molar-refractivity contribution < 1.29 is 14.4 Å². The predicted octanol–water partition coefficient (Wildman–Crippen LogP) is 3.78. The first-order valence-corrected chi connectivity index (χ1v) is 12.7. The Hall–Kier alpha value is -3.71. The van der Waals surface area contributed by atoms with Crippen molar-refractivity contribution in [3.63, 3.8) is 0 Å². The first kappa shape index (κ1) is 24.0. The summed E-state index contributed by atoms with van der Waals surface area (Å²) in [6.07, 6.45) is 3.03. The summed E-state index contributed by atoms with van der Waals surface area (Å²) in [5.74, 6) is -0.402. The van der Waals surface area contributed by atoms with Gasteiger partial charge in [-0.05, 0) is 66.8 Å². The third-order valence-corrected chi connectivity index (χ3v) is 7.45. The Morgan fingerprint density at radius 3 is 2.44 bits per heavy atom. The molecule has 1 atom stereocenters. The van der Waals surface area contributed by atoms with E-state index < -0.39 is 0 Å². The minimum Gasteiger partial charge on any atom is -0.368 e. The molecule has 1 unspecified atom stereocenters. The van der Waals surface area contributed by atoms with Gasteiger partial charge in [0.05, 0.1) is 6.04 Å². The van der Waals surface area contributed by atoms with Gasteiger partial charge in [0, 0.05) is 36.8 Å². The molecule has 0 aromatic heterocycles. The van der Waals surface area contributed by atoms with E-state index in [1.165, 1.54) is 0 Å². The van der Waals surface area contributed by atoms with Crippen LogP contribution in [0.15, 0.2) is 66.7 Å². The molecule has 0 saturated carbocycles. The van der Waals surface area contributed by atoms with Crippen LogP contribution in [-0.2, 0) is 16.1 Å². The Bertz CT molecular complexity index is 1280. The fourth-order valence-electron chi connectivity index (χ4n) is 5.49. The van der Waals surface area contributed by atoms with Crippen molar-refractivity contribution in [3.8, 4) is 0 Å². The lowest BCUT2D eigenvalue weighted by Crippen LogP contribution is -2.41. The number of nitrogens with two attached hydrogens (primary N) is 1. The summed E-state index contributed by atoms with van der Waals surface area (Å²) >= 11 is 0. The van der Waals surface area contributed by atoms with Crippen LogP contribution in [0.2, 0.25) is 0 Å². The third kappa shape index (κ3) is 5.11. The van der Waals surface area contributed by atoms with E-state index >= 15 is 0 Å². The molecule has 2 aliphatic heterocycles. The molecule has 2 fully saturated rings. The van der Waals surface area contributed by atoms with E-state index in [1.54, 1.807) is 0 Å². The lowest BCUT2D eigenvalue weighted by atomic mass is 9.94. The Morgan fingerprint density at radius 1 is 0.889 bits per heavy atom. The molecule has 0 bridgehead atoms. The molecule has 2 saturated heterocycles. The van der Waals surface area contributed by atoms with Crippen LogP contribution in [0.1, 0.15) is 41.6 Å². The Labute approximate surface area is 211 Å². The number of hydrogen-bond donors (Lipinski definition) is 2. The van der Waals surface area contributed by atoms with Gasteiger partial charge >= 0.3 is 0 Å². The summed E-state index contributed by atoms with van der Waals surface area (Å²) < 4.78 is 0. The molecule has 7 nitrogen and oxygen atoms in total. The smallest absolute Gasteiger partial charge is 0.254 e. The lowest BCUT2D eigenvalue weighted by molar-refractivity contribution is -0.122. The van der Waals surface area contributed by atoms with E-state index in [1.807, 2.05) is 71.6 Å². The van der Waals surface area contributed by atoms with E-state index in [0.29, 0.717) is 38.0 Å². The van der Waals surface area contributed by atoms with Crippen molar-refractivity contribution >= 4 is 34.2 Å². The number of hydrogen-bond acceptors (Lipinski definition) is 4. The van der Waals surface area contributed by atoms with Crippen molar-refractivity contribution in [2.24, 2.45) is 11.7 Å². The maximum Gasteiger partial charge on any atom is 0.254 e. The molecule has 0 radical (unpaired) electrons. The molecule has 36 heavy (non-hydrogen) atoms. The number of rotatable bonds is 6. The fourth-order valence-corrected chi connectivity index (χ4v) is 5.49. The maximum absolute atomic E-state index is 13.2. The zero-order valence-electron chi connectivity index (χ0n) is 20.4. The highest BCUT2D eigenvalue weighted by atomic mass is 16.2. The van der Waals surface area contributed by atoms with Crippen LogP contribution in [0.3, 0.4) is 0 Å². The van der Waals surface area contributed by atoms with Crippen molar-refractivity contribution in [2.45, 2.75) is 38.3 Å². The van der Waals surface area contributed by atoms with Crippen LogP contribution in [-0.4, -0.2) is 53.2 Å². The Balaban J connectivity index is 1.17. The highest BCUT2D eigenvalue weighted by molar-refractivity contribution is 6.07. The average molecular weight is 485 g/mol. The van der Waals surface area contributed by atoms with Gasteiger partial charge in [-0.3, -0.25) is 19.3 Å². The minimum absolute atomic E-state index is 0.0133. The number of nitrogens with one attached hydrogen (secondary N) is 1. The molecule has 3 aromatic rings. The SMILES string of the molecule is NC(=O)C1CCCN1Cc1cccc(NC(=O)C2CCN(C(=O)c3cccc4ccccc34)CC2)c1. The van der Waals surface area contributed by atoms with Gasteiger partial charge in [0.2, 0.25) is 11.8 Å². The number of carbonyl (C=O) groups is 3. The molecule has 0 aliphatic carbocycles. The lowest BCUT2D eigenvalue weighted by Gasteiger charge is -2.31. The van der Waals surface area contributed by atoms with Gasteiger partial charge in [0.1, 0.15) is 0 Å². The molecular formula is C29H32N4O3. The number of carbonyl (C=O) groups excluding carboxylic acids is 3. The van der Waals surface area contributed by atoms with Crippen LogP contribution in [0, 0.1) is 5.92 Å². The van der Waals surface area contributed by atoms with Crippen LogP contribution in [0.5, 0.6) is 0 Å². The highest BCUT2D eigenvalue weighted by Gasteiger charge is 2.30. The molecule has 186 valence electrons. The van der Waals surface area contributed by atoms with Gasteiger partial charge in [-0.15, -0.1) is 0 Å². The number of benzene rings is 3. The number of piperidine rings is 1. The van der Waals surface area contributed by atoms with Crippen LogP contribution in [0.4, 0.5) is 5.69 Å². The summed E-state index contributed by atoms with van der Waals surface area (Å²) in [6.45, 7) is 2.60. The molecule has 7 heteroatoms. The Morgan fingerprint density at radius 2 is 1.64 bits per heavy atom. The van der Waals surface area contributed by atoms with E-state index in [2.05, 4.69) is 10.2 Å². The van der Waals surface area contributed by atoms with E-state index in [9.17, 15) is 14.4 Å². The van der Waals surface area contributed by atoms with Gasteiger partial charge < -0.3 is 16.0 Å². The molecular weight excluding hydrogens is 452 g/mol. The number of fused-ring (bicyclic) bond motifs is 1. The molecule has 3 amide bonds. The van der Waals surface area contributed by atoms with Crippen molar-refractivity contribution in [1.82, 2.24) is 9.80 Å². The zero-order chi connectivity index (χ0) is 25.1. The maximum atomic E-state index is 13.2. The largest absolute Gasteiger partial charge is 0.368 e. The highest BCUT2D eigenvalue weighted by Crippen LogP contribution is 2.25. The Kier molecular flexibility index (Phi) is 7.00. The zero-order valence-corrected chi connectivity index (χ0v) is 20.4. The first-order chi connectivity index (χ1) is 17.5. The topological polar surface area (TPSA) is 95.7 Å². The normalized spacial score (nSPS) is 18.9. The van der Waals surface area contributed by atoms with Crippen LogP contribution < -0.4 is 11.1 Å². The van der Waals surface area contributed by atoms with Gasteiger partial charge in [-0.1, -0.05) is 48.5 Å². The number of primary amides is 1. The number of nitrogens with zero attached hydrogens (tertiary/aromatic N) is 2. The van der Waals surface area contributed by atoms with Gasteiger partial charge in [0.25, 0.3) is 5.91 Å². The summed E-state index contributed by atoms with van der Waals surface area (Å²) in [5.41, 5.74) is 8.05. The monoisotopic (exact) mass is 484 g/mol. The second kappa shape index (κ2) is 10.5. The molecule has 0 spiro atoms. The first-order valence-electron chi connectivity index (χ1n) is 12.7. The number of likely N-dealkylation sites (tertiary alicyclic amines) is 2. The van der Waals surface area contributed by atoms with Gasteiger partial charge in [-0.2, -0.15) is 0 Å². The number of anilines is 1. The molecule has 5 rings (SSSR count). The van der Waals surface area contributed by atoms with Crippen LogP contribution >= 0.6 is 0 Å². The summed E-state index contributed by atoms with van der Waals surface area (Å²) in [5, 5.41) is 5.07. The van der Waals surface area contributed by atoms with Gasteiger partial charge in [0.15, 0.2) is 0 Å². The fraction of sp³-hybridized carbons (Fsp3) is 0.345. The van der Waals surface area contributed by atoms with E-state index in [-0.39, 0.29) is 29.7 Å². The molecule has 2 heterocycles. The molecule has 3 N–H and O–H groups in total.